The number of hydrogen-bond donors (Lipinski definition) is 0. The minimum atomic E-state index is 0.160. The van der Waals surface area contributed by atoms with Crippen molar-refractivity contribution in [1.29, 1.82) is 0 Å². The molecule has 3 rings (SSSR count). The summed E-state index contributed by atoms with van der Waals surface area (Å²) < 4.78 is 7.40. The lowest BCUT2D eigenvalue weighted by molar-refractivity contribution is 0.0719. The third-order valence-corrected chi connectivity index (χ3v) is 4.23. The lowest BCUT2D eigenvalue weighted by Crippen LogP contribution is -2.43. The second-order valence-electron chi connectivity index (χ2n) is 5.98. The molecule has 6 heteroatoms. The highest BCUT2D eigenvalue weighted by Crippen LogP contribution is 2.28. The van der Waals surface area contributed by atoms with Gasteiger partial charge in [-0.1, -0.05) is 11.6 Å². The first-order valence-electron chi connectivity index (χ1n) is 7.68. The summed E-state index contributed by atoms with van der Waals surface area (Å²) in [7, 11) is 0. The van der Waals surface area contributed by atoms with E-state index < -0.39 is 0 Å². The van der Waals surface area contributed by atoms with Gasteiger partial charge in [-0.05, 0) is 45.7 Å². The highest BCUT2D eigenvalue weighted by atomic mass is 16.5. The zero-order valence-electron chi connectivity index (χ0n) is 13.0. The first-order valence-corrected chi connectivity index (χ1v) is 7.68. The summed E-state index contributed by atoms with van der Waals surface area (Å²) in [6, 6.07) is 0.633. The molecule has 2 aromatic heterocycles. The molecule has 21 heavy (non-hydrogen) atoms. The Kier molecular flexibility index (Phi) is 4.05. The Balaban J connectivity index is 1.74. The van der Waals surface area contributed by atoms with Crippen LogP contribution in [0.5, 0.6) is 0 Å². The van der Waals surface area contributed by atoms with Crippen molar-refractivity contribution in [2.75, 3.05) is 6.54 Å². The second kappa shape index (κ2) is 5.97. The maximum atomic E-state index is 5.36. The summed E-state index contributed by atoms with van der Waals surface area (Å²) in [6.07, 6.45) is 7.71. The monoisotopic (exact) mass is 289 g/mol. The summed E-state index contributed by atoms with van der Waals surface area (Å²) in [5.41, 5.74) is 1.21. The molecule has 0 saturated carbocycles. The Labute approximate surface area is 125 Å². The van der Waals surface area contributed by atoms with Gasteiger partial charge >= 0.3 is 0 Å². The second-order valence-corrected chi connectivity index (χ2v) is 5.98. The van der Waals surface area contributed by atoms with E-state index >= 15 is 0 Å². The van der Waals surface area contributed by atoms with Crippen LogP contribution in [-0.2, 0) is 6.54 Å². The van der Waals surface area contributed by atoms with Gasteiger partial charge in [0.25, 0.3) is 0 Å². The van der Waals surface area contributed by atoms with Gasteiger partial charge in [-0.3, -0.25) is 9.58 Å². The maximum Gasteiger partial charge on any atom is 0.243 e. The highest BCUT2D eigenvalue weighted by molar-refractivity contribution is 5.00. The van der Waals surface area contributed by atoms with Gasteiger partial charge in [-0.15, -0.1) is 0 Å². The Morgan fingerprint density at radius 1 is 1.38 bits per heavy atom. The molecule has 0 aromatic carbocycles. The van der Waals surface area contributed by atoms with Gasteiger partial charge < -0.3 is 4.52 Å². The van der Waals surface area contributed by atoms with E-state index in [2.05, 4.69) is 40.2 Å². The molecule has 0 unspecified atom stereocenters. The van der Waals surface area contributed by atoms with E-state index in [1.807, 2.05) is 17.8 Å². The van der Waals surface area contributed by atoms with Crippen molar-refractivity contribution in [2.24, 2.45) is 0 Å². The van der Waals surface area contributed by atoms with E-state index in [9.17, 15) is 0 Å². The lowest BCUT2D eigenvalue weighted by atomic mass is 10.00. The molecule has 1 aliphatic heterocycles. The van der Waals surface area contributed by atoms with Crippen molar-refractivity contribution < 1.29 is 4.52 Å². The van der Waals surface area contributed by atoms with Crippen molar-refractivity contribution in [3.8, 4) is 0 Å². The Morgan fingerprint density at radius 2 is 2.24 bits per heavy atom. The van der Waals surface area contributed by atoms with Gasteiger partial charge in [0.05, 0.1) is 18.8 Å². The molecule has 3 heterocycles. The lowest BCUT2D eigenvalue weighted by Gasteiger charge is -2.38. The minimum Gasteiger partial charge on any atom is -0.338 e. The zero-order chi connectivity index (χ0) is 14.8. The number of piperidine rings is 1. The van der Waals surface area contributed by atoms with Crippen LogP contribution >= 0.6 is 0 Å². The maximum absolute atomic E-state index is 5.36. The summed E-state index contributed by atoms with van der Waals surface area (Å²) >= 11 is 0. The molecule has 6 nitrogen and oxygen atoms in total. The number of nitrogens with zero attached hydrogens (tertiary/aromatic N) is 5. The summed E-state index contributed by atoms with van der Waals surface area (Å²) in [6.45, 7) is 8.09. The van der Waals surface area contributed by atoms with Crippen molar-refractivity contribution in [3.05, 3.63) is 29.7 Å². The standard InChI is InChI=1S/C15H23N5O/c1-11-8-16-19(9-11)10-14-6-4-5-7-20(14)12(2)15-17-13(3)18-21-15/h8-9,12,14H,4-7,10H2,1-3H3/t12-,14-/m1/s1. The minimum absolute atomic E-state index is 0.160. The molecule has 1 saturated heterocycles. The van der Waals surface area contributed by atoms with Crippen LogP contribution in [0.15, 0.2) is 16.9 Å². The molecule has 0 N–H and O–H groups in total. The predicted molar refractivity (Wildman–Crippen MR) is 78.8 cm³/mol. The van der Waals surface area contributed by atoms with Gasteiger partial charge in [-0.25, -0.2) is 0 Å². The van der Waals surface area contributed by atoms with Crippen molar-refractivity contribution in [1.82, 2.24) is 24.8 Å². The largest absolute Gasteiger partial charge is 0.338 e. The number of aromatic nitrogens is 4. The number of rotatable bonds is 4. The summed E-state index contributed by atoms with van der Waals surface area (Å²) in [5.74, 6) is 1.42. The summed E-state index contributed by atoms with van der Waals surface area (Å²) in [4.78, 5) is 6.87. The van der Waals surface area contributed by atoms with E-state index in [0.29, 0.717) is 11.9 Å². The third-order valence-electron chi connectivity index (χ3n) is 4.23. The van der Waals surface area contributed by atoms with Crippen LogP contribution in [-0.4, -0.2) is 37.4 Å². The molecule has 0 amide bonds. The first kappa shape index (κ1) is 14.3. The van der Waals surface area contributed by atoms with Crippen LogP contribution in [0.25, 0.3) is 0 Å². The highest BCUT2D eigenvalue weighted by Gasteiger charge is 2.30. The van der Waals surface area contributed by atoms with Crippen LogP contribution in [0.4, 0.5) is 0 Å². The van der Waals surface area contributed by atoms with Gasteiger partial charge in [0.15, 0.2) is 5.82 Å². The van der Waals surface area contributed by atoms with Gasteiger partial charge in [0.2, 0.25) is 5.89 Å². The van der Waals surface area contributed by atoms with Gasteiger partial charge in [-0.2, -0.15) is 10.1 Å². The quantitative estimate of drug-likeness (QED) is 0.865. The van der Waals surface area contributed by atoms with Crippen LogP contribution in [0.3, 0.4) is 0 Å². The van der Waals surface area contributed by atoms with E-state index in [1.165, 1.54) is 24.8 Å². The Morgan fingerprint density at radius 3 is 2.90 bits per heavy atom. The fourth-order valence-electron chi connectivity index (χ4n) is 3.14. The molecule has 1 aliphatic rings. The van der Waals surface area contributed by atoms with Crippen LogP contribution in [0, 0.1) is 13.8 Å². The smallest absolute Gasteiger partial charge is 0.243 e. The number of likely N-dealkylation sites (tertiary alicyclic amines) is 1. The molecule has 114 valence electrons. The third kappa shape index (κ3) is 3.15. The van der Waals surface area contributed by atoms with Crippen molar-refractivity contribution in [3.63, 3.8) is 0 Å². The molecule has 0 bridgehead atoms. The molecule has 0 spiro atoms. The van der Waals surface area contributed by atoms with E-state index in [1.54, 1.807) is 0 Å². The molecular weight excluding hydrogens is 266 g/mol. The molecule has 0 radical (unpaired) electrons. The van der Waals surface area contributed by atoms with Gasteiger partial charge in [0.1, 0.15) is 0 Å². The molecule has 0 aliphatic carbocycles. The molecular formula is C15H23N5O. The average molecular weight is 289 g/mol. The van der Waals surface area contributed by atoms with E-state index in [4.69, 9.17) is 4.52 Å². The normalized spacial score (nSPS) is 21.6. The van der Waals surface area contributed by atoms with Gasteiger partial charge in [0, 0.05) is 12.2 Å². The molecule has 1 fully saturated rings. The Bertz CT molecular complexity index is 590. The van der Waals surface area contributed by atoms with Crippen LogP contribution < -0.4 is 0 Å². The molecule has 2 atom stereocenters. The summed E-state index contributed by atoms with van der Waals surface area (Å²) in [5, 5.41) is 8.33. The predicted octanol–water partition coefficient (Wildman–Crippen LogP) is 2.50. The SMILES string of the molecule is Cc1cnn(C[C@H]2CCCCN2[C@H](C)c2nc(C)no2)c1. The van der Waals surface area contributed by atoms with Crippen molar-refractivity contribution >= 4 is 0 Å². The van der Waals surface area contributed by atoms with E-state index in [-0.39, 0.29) is 6.04 Å². The van der Waals surface area contributed by atoms with Crippen molar-refractivity contribution in [2.45, 2.75) is 58.7 Å². The fraction of sp³-hybridized carbons (Fsp3) is 0.667. The topological polar surface area (TPSA) is 60.0 Å². The average Bonchev–Trinajstić information content (AvgIpc) is 3.08. The fourth-order valence-corrected chi connectivity index (χ4v) is 3.14. The number of aryl methyl sites for hydroxylation is 2. The molecule has 2 aromatic rings. The first-order chi connectivity index (χ1) is 10.1. The zero-order valence-corrected chi connectivity index (χ0v) is 13.0. The number of hydrogen-bond acceptors (Lipinski definition) is 5. The van der Waals surface area contributed by atoms with Crippen LogP contribution in [0.1, 0.15) is 49.5 Å². The Hall–Kier alpha value is -1.69. The van der Waals surface area contributed by atoms with E-state index in [0.717, 1.165) is 19.0 Å². The van der Waals surface area contributed by atoms with Crippen LogP contribution in [0.2, 0.25) is 0 Å².